The van der Waals surface area contributed by atoms with Crippen LogP contribution in [0.2, 0.25) is 0 Å². The number of pyridine rings is 1. The average molecular weight is 235 g/mol. The first-order valence-electron chi connectivity index (χ1n) is 5.82. The lowest BCUT2D eigenvalue weighted by Gasteiger charge is -2.31. The number of rotatable bonds is 2. The van der Waals surface area contributed by atoms with Gasteiger partial charge in [0.05, 0.1) is 11.8 Å². The van der Waals surface area contributed by atoms with E-state index in [4.69, 9.17) is 0 Å². The maximum atomic E-state index is 12.1. The molecule has 0 aliphatic carbocycles. The summed E-state index contributed by atoms with van der Waals surface area (Å²) in [5.41, 5.74) is 0.336. The van der Waals surface area contributed by atoms with Crippen LogP contribution in [0.3, 0.4) is 0 Å². The number of aromatic nitrogens is 1. The van der Waals surface area contributed by atoms with Crippen LogP contribution < -0.4 is 5.32 Å². The normalized spacial score (nSPS) is 17.1. The summed E-state index contributed by atoms with van der Waals surface area (Å²) >= 11 is 0. The molecule has 2 heterocycles. The Labute approximate surface area is 100 Å². The lowest BCUT2D eigenvalue weighted by atomic mass is 10.0. The summed E-state index contributed by atoms with van der Waals surface area (Å²) in [6.45, 7) is 1.46. The average Bonchev–Trinajstić information content (AvgIpc) is 2.39. The van der Waals surface area contributed by atoms with Gasteiger partial charge in [-0.1, -0.05) is 0 Å². The number of aromatic hydroxyl groups is 1. The van der Waals surface area contributed by atoms with Crippen molar-refractivity contribution in [1.29, 1.82) is 0 Å². The van der Waals surface area contributed by atoms with Gasteiger partial charge in [-0.05, 0) is 26.0 Å². The SMILES string of the molecule is CNC1CCN(C(=O)c2ccncc2O)CC1. The van der Waals surface area contributed by atoms with Crippen molar-refractivity contribution in [3.63, 3.8) is 0 Å². The van der Waals surface area contributed by atoms with E-state index in [0.717, 1.165) is 25.9 Å². The van der Waals surface area contributed by atoms with E-state index in [2.05, 4.69) is 10.3 Å². The Balaban J connectivity index is 2.04. The number of hydrogen-bond donors (Lipinski definition) is 2. The highest BCUT2D eigenvalue weighted by Crippen LogP contribution is 2.19. The molecule has 92 valence electrons. The molecule has 5 heteroatoms. The number of hydrogen-bond acceptors (Lipinski definition) is 4. The largest absolute Gasteiger partial charge is 0.505 e. The van der Waals surface area contributed by atoms with Gasteiger partial charge in [0.15, 0.2) is 0 Å². The van der Waals surface area contributed by atoms with Gasteiger partial charge < -0.3 is 15.3 Å². The third-order valence-electron chi connectivity index (χ3n) is 3.22. The molecule has 1 aromatic heterocycles. The molecule has 0 radical (unpaired) electrons. The van der Waals surface area contributed by atoms with E-state index in [0.29, 0.717) is 11.6 Å². The molecule has 2 rings (SSSR count). The molecule has 0 bridgehead atoms. The molecule has 1 aliphatic heterocycles. The molecule has 0 saturated carbocycles. The smallest absolute Gasteiger partial charge is 0.257 e. The second-order valence-corrected chi connectivity index (χ2v) is 4.25. The minimum Gasteiger partial charge on any atom is -0.505 e. The van der Waals surface area contributed by atoms with E-state index in [1.807, 2.05) is 7.05 Å². The fourth-order valence-electron chi connectivity index (χ4n) is 2.11. The highest BCUT2D eigenvalue weighted by molar-refractivity contribution is 5.96. The zero-order valence-electron chi connectivity index (χ0n) is 9.89. The van der Waals surface area contributed by atoms with E-state index in [-0.39, 0.29) is 11.7 Å². The lowest BCUT2D eigenvalue weighted by molar-refractivity contribution is 0.0704. The first kappa shape index (κ1) is 11.9. The molecule has 2 N–H and O–H groups in total. The summed E-state index contributed by atoms with van der Waals surface area (Å²) in [7, 11) is 1.94. The van der Waals surface area contributed by atoms with E-state index >= 15 is 0 Å². The molecule has 1 amide bonds. The van der Waals surface area contributed by atoms with Crippen molar-refractivity contribution >= 4 is 5.91 Å². The maximum absolute atomic E-state index is 12.1. The van der Waals surface area contributed by atoms with Crippen molar-refractivity contribution < 1.29 is 9.90 Å². The Hall–Kier alpha value is -1.62. The number of likely N-dealkylation sites (tertiary alicyclic amines) is 1. The number of carbonyl (C=O) groups excluding carboxylic acids is 1. The van der Waals surface area contributed by atoms with Crippen LogP contribution in [0.1, 0.15) is 23.2 Å². The fourth-order valence-corrected chi connectivity index (χ4v) is 2.11. The quantitative estimate of drug-likeness (QED) is 0.788. The summed E-state index contributed by atoms with van der Waals surface area (Å²) in [6, 6.07) is 2.05. The van der Waals surface area contributed by atoms with Crippen LogP contribution in [0.5, 0.6) is 5.75 Å². The molecule has 0 unspecified atom stereocenters. The zero-order valence-corrected chi connectivity index (χ0v) is 9.89. The van der Waals surface area contributed by atoms with E-state index in [1.165, 1.54) is 12.4 Å². The van der Waals surface area contributed by atoms with Gasteiger partial charge in [0.1, 0.15) is 5.75 Å². The topological polar surface area (TPSA) is 65.5 Å². The Morgan fingerprint density at radius 3 is 2.82 bits per heavy atom. The van der Waals surface area contributed by atoms with Crippen LogP contribution >= 0.6 is 0 Å². The van der Waals surface area contributed by atoms with Crippen LogP contribution in [0.25, 0.3) is 0 Å². The number of carbonyl (C=O) groups is 1. The van der Waals surface area contributed by atoms with E-state index in [9.17, 15) is 9.90 Å². The number of nitrogens with one attached hydrogen (secondary N) is 1. The van der Waals surface area contributed by atoms with E-state index < -0.39 is 0 Å². The molecule has 0 spiro atoms. The van der Waals surface area contributed by atoms with Crippen LogP contribution in [0.4, 0.5) is 0 Å². The van der Waals surface area contributed by atoms with Crippen molar-refractivity contribution in [2.75, 3.05) is 20.1 Å². The Morgan fingerprint density at radius 2 is 2.24 bits per heavy atom. The highest BCUT2D eigenvalue weighted by atomic mass is 16.3. The third kappa shape index (κ3) is 2.55. The van der Waals surface area contributed by atoms with Crippen LogP contribution in [0, 0.1) is 0 Å². The fraction of sp³-hybridized carbons (Fsp3) is 0.500. The molecule has 1 saturated heterocycles. The second-order valence-electron chi connectivity index (χ2n) is 4.25. The molecule has 0 aromatic carbocycles. The van der Waals surface area contributed by atoms with Gasteiger partial charge in [-0.3, -0.25) is 9.78 Å². The summed E-state index contributed by atoms with van der Waals surface area (Å²) in [5.74, 6) is -0.160. The van der Waals surface area contributed by atoms with Gasteiger partial charge in [-0.2, -0.15) is 0 Å². The first-order chi connectivity index (χ1) is 8.22. The van der Waals surface area contributed by atoms with Crippen molar-refractivity contribution in [2.24, 2.45) is 0 Å². The Morgan fingerprint density at radius 1 is 1.53 bits per heavy atom. The standard InChI is InChI=1S/C12H17N3O2/c1-13-9-3-6-15(7-4-9)12(17)10-2-5-14-8-11(10)16/h2,5,8-9,13,16H,3-4,6-7H2,1H3. The summed E-state index contributed by atoms with van der Waals surface area (Å²) in [6.07, 6.45) is 4.73. The van der Waals surface area contributed by atoms with Gasteiger partial charge >= 0.3 is 0 Å². The molecular formula is C12H17N3O2. The van der Waals surface area contributed by atoms with Crippen LogP contribution in [-0.4, -0.2) is 47.1 Å². The number of amides is 1. The minimum absolute atomic E-state index is 0.0479. The van der Waals surface area contributed by atoms with Crippen LogP contribution in [0.15, 0.2) is 18.5 Å². The molecule has 17 heavy (non-hydrogen) atoms. The molecule has 5 nitrogen and oxygen atoms in total. The van der Waals surface area contributed by atoms with Crippen molar-refractivity contribution in [3.8, 4) is 5.75 Å². The van der Waals surface area contributed by atoms with Gasteiger partial charge in [0, 0.05) is 25.3 Å². The second kappa shape index (κ2) is 5.14. The predicted octanol–water partition coefficient (Wildman–Crippen LogP) is 0.611. The summed E-state index contributed by atoms with van der Waals surface area (Å²) in [5, 5.41) is 12.8. The predicted molar refractivity (Wildman–Crippen MR) is 63.9 cm³/mol. The van der Waals surface area contributed by atoms with Crippen molar-refractivity contribution in [2.45, 2.75) is 18.9 Å². The molecular weight excluding hydrogens is 218 g/mol. The van der Waals surface area contributed by atoms with Gasteiger partial charge in [-0.25, -0.2) is 0 Å². The zero-order chi connectivity index (χ0) is 12.3. The van der Waals surface area contributed by atoms with E-state index in [1.54, 1.807) is 11.0 Å². The minimum atomic E-state index is -0.112. The molecule has 1 aromatic rings. The van der Waals surface area contributed by atoms with Gasteiger partial charge in [-0.15, -0.1) is 0 Å². The maximum Gasteiger partial charge on any atom is 0.257 e. The van der Waals surface area contributed by atoms with Crippen molar-refractivity contribution in [3.05, 3.63) is 24.0 Å². The molecule has 0 atom stereocenters. The van der Waals surface area contributed by atoms with Gasteiger partial charge in [0.25, 0.3) is 5.91 Å². The first-order valence-corrected chi connectivity index (χ1v) is 5.82. The van der Waals surface area contributed by atoms with Gasteiger partial charge in [0.2, 0.25) is 0 Å². The highest BCUT2D eigenvalue weighted by Gasteiger charge is 2.24. The Kier molecular flexibility index (Phi) is 3.58. The number of piperidine rings is 1. The van der Waals surface area contributed by atoms with Crippen LogP contribution in [-0.2, 0) is 0 Å². The molecule has 1 aliphatic rings. The summed E-state index contributed by atoms with van der Waals surface area (Å²) in [4.78, 5) is 17.7. The van der Waals surface area contributed by atoms with Crippen molar-refractivity contribution in [1.82, 2.24) is 15.2 Å². The monoisotopic (exact) mass is 235 g/mol. The molecule has 1 fully saturated rings. The number of nitrogens with zero attached hydrogens (tertiary/aromatic N) is 2. The lowest BCUT2D eigenvalue weighted by Crippen LogP contribution is -2.43. The Bertz CT molecular complexity index is 400. The third-order valence-corrected chi connectivity index (χ3v) is 3.22. The summed E-state index contributed by atoms with van der Waals surface area (Å²) < 4.78 is 0.